The van der Waals surface area contributed by atoms with E-state index in [1.165, 1.54) is 12.1 Å². The number of carbonyl (C=O) groups is 2. The van der Waals surface area contributed by atoms with Crippen molar-refractivity contribution >= 4 is 56.1 Å². The van der Waals surface area contributed by atoms with Crippen LogP contribution in [0.15, 0.2) is 70.6 Å². The van der Waals surface area contributed by atoms with Crippen LogP contribution in [0, 0.1) is 0 Å². The van der Waals surface area contributed by atoms with Crippen LogP contribution < -0.4 is 0 Å². The molecule has 1 aromatic heterocycles. The molecule has 174 valence electrons. The summed E-state index contributed by atoms with van der Waals surface area (Å²) in [7, 11) is -3.35. The maximum atomic E-state index is 12.8. The highest BCUT2D eigenvalue weighted by atomic mass is 32.2. The molecule has 11 heteroatoms. The van der Waals surface area contributed by atoms with Gasteiger partial charge in [-0.15, -0.1) is 0 Å². The number of nitrogens with zero attached hydrogens (tertiary/aromatic N) is 3. The van der Waals surface area contributed by atoms with E-state index in [1.807, 2.05) is 30.3 Å². The summed E-state index contributed by atoms with van der Waals surface area (Å²) in [4.78, 5) is 25.4. The number of aromatic nitrogens is 2. The van der Waals surface area contributed by atoms with Gasteiger partial charge in [0, 0.05) is 17.3 Å². The highest BCUT2D eigenvalue weighted by Crippen LogP contribution is 2.35. The molecule has 0 aliphatic carbocycles. The number of hydrogen-bond donors (Lipinski definition) is 1. The van der Waals surface area contributed by atoms with Gasteiger partial charge in [-0.25, -0.2) is 13.1 Å². The fourth-order valence-electron chi connectivity index (χ4n) is 3.33. The first-order chi connectivity index (χ1) is 16.2. The molecule has 3 aromatic rings. The quantitative estimate of drug-likeness (QED) is 0.377. The van der Waals surface area contributed by atoms with Crippen molar-refractivity contribution in [3.63, 3.8) is 0 Å². The first kappa shape index (κ1) is 23.9. The van der Waals surface area contributed by atoms with Gasteiger partial charge in [0.1, 0.15) is 10.9 Å². The average Bonchev–Trinajstić information content (AvgIpc) is 3.36. The van der Waals surface area contributed by atoms with Crippen LogP contribution in [0.5, 0.6) is 0 Å². The first-order valence-corrected chi connectivity index (χ1v) is 13.0. The molecule has 1 saturated heterocycles. The fourth-order valence-corrected chi connectivity index (χ4v) is 5.46. The molecule has 8 nitrogen and oxygen atoms in total. The van der Waals surface area contributed by atoms with Crippen LogP contribution in [0.1, 0.15) is 12.5 Å². The molecule has 34 heavy (non-hydrogen) atoms. The number of carboxylic acids is 1. The van der Waals surface area contributed by atoms with Gasteiger partial charge in [0.2, 0.25) is 0 Å². The van der Waals surface area contributed by atoms with Crippen LogP contribution in [0.4, 0.5) is 0 Å². The number of sulfone groups is 1. The maximum Gasteiger partial charge on any atom is 0.323 e. The molecule has 4 rings (SSSR count). The Morgan fingerprint density at radius 1 is 1.15 bits per heavy atom. The molecule has 0 unspecified atom stereocenters. The summed E-state index contributed by atoms with van der Waals surface area (Å²) < 4.78 is 26.2. The number of para-hydroxylation sites is 1. The van der Waals surface area contributed by atoms with Gasteiger partial charge in [-0.2, -0.15) is 5.10 Å². The van der Waals surface area contributed by atoms with E-state index in [1.54, 1.807) is 36.0 Å². The van der Waals surface area contributed by atoms with Crippen molar-refractivity contribution in [2.75, 3.05) is 12.3 Å². The highest BCUT2D eigenvalue weighted by molar-refractivity contribution is 8.26. The number of carbonyl (C=O) groups excluding carboxylic acids is 1. The van der Waals surface area contributed by atoms with Crippen LogP contribution in [0.25, 0.3) is 23.0 Å². The van der Waals surface area contributed by atoms with Crippen LogP contribution in [-0.4, -0.2) is 56.7 Å². The van der Waals surface area contributed by atoms with E-state index in [-0.39, 0.29) is 19.9 Å². The summed E-state index contributed by atoms with van der Waals surface area (Å²) >= 11 is 6.21. The van der Waals surface area contributed by atoms with E-state index in [4.69, 9.17) is 17.3 Å². The first-order valence-electron chi connectivity index (χ1n) is 10.1. The van der Waals surface area contributed by atoms with Crippen LogP contribution >= 0.6 is 24.0 Å². The van der Waals surface area contributed by atoms with Gasteiger partial charge in [-0.1, -0.05) is 61.2 Å². The number of thiocarbonyl (C=S) groups is 1. The second-order valence-corrected chi connectivity index (χ2v) is 11.3. The standard InChI is InChI=1S/C23H19N3O5S3/c1-2-34(30,31)18-10-8-15(9-11-18)21-16(13-26(24-21)17-6-4-3-5-7-17)12-19-22(29)25(14-20(27)28)23(32)33-19/h3-13H,2,14H2,1H3,(H,27,28)/b19-12+. The van der Waals surface area contributed by atoms with Gasteiger partial charge < -0.3 is 5.11 Å². The number of amides is 1. The van der Waals surface area contributed by atoms with Crippen LogP contribution in [-0.2, 0) is 19.4 Å². The zero-order valence-corrected chi connectivity index (χ0v) is 20.4. The van der Waals surface area contributed by atoms with Crippen LogP contribution in [0.3, 0.4) is 0 Å². The Hall–Kier alpha value is -3.28. The normalized spacial score (nSPS) is 15.3. The van der Waals surface area contributed by atoms with E-state index >= 15 is 0 Å². The third kappa shape index (κ3) is 4.81. The van der Waals surface area contributed by atoms with E-state index in [2.05, 4.69) is 5.10 Å². The second kappa shape index (κ2) is 9.53. The predicted octanol–water partition coefficient (Wildman–Crippen LogP) is 3.62. The molecule has 1 aliphatic heterocycles. The Labute approximate surface area is 205 Å². The lowest BCUT2D eigenvalue weighted by molar-refractivity contribution is -0.140. The molecule has 2 heterocycles. The third-order valence-electron chi connectivity index (χ3n) is 5.08. The second-order valence-electron chi connectivity index (χ2n) is 7.30. The molecular weight excluding hydrogens is 494 g/mol. The van der Waals surface area contributed by atoms with Crippen molar-refractivity contribution in [3.05, 3.63) is 71.3 Å². The largest absolute Gasteiger partial charge is 0.480 e. The van der Waals surface area contributed by atoms with E-state index in [0.717, 1.165) is 22.3 Å². The Bertz CT molecular complexity index is 1410. The Morgan fingerprint density at radius 3 is 2.44 bits per heavy atom. The summed E-state index contributed by atoms with van der Waals surface area (Å²) in [5.41, 5.74) is 2.60. The zero-order valence-electron chi connectivity index (χ0n) is 17.9. The molecular formula is C23H19N3O5S3. The van der Waals surface area contributed by atoms with Crippen molar-refractivity contribution < 1.29 is 23.1 Å². The Balaban J connectivity index is 1.79. The van der Waals surface area contributed by atoms with Gasteiger partial charge >= 0.3 is 5.97 Å². The summed E-state index contributed by atoms with van der Waals surface area (Å²) in [6, 6.07) is 15.8. The number of thioether (sulfide) groups is 1. The van der Waals surface area contributed by atoms with E-state index in [0.29, 0.717) is 16.8 Å². The van der Waals surface area contributed by atoms with Crippen molar-refractivity contribution in [1.82, 2.24) is 14.7 Å². The molecule has 2 aromatic carbocycles. The summed E-state index contributed by atoms with van der Waals surface area (Å²) in [5.74, 6) is -1.64. The number of carboxylic acid groups (broad SMARTS) is 1. The summed E-state index contributed by atoms with van der Waals surface area (Å²) in [6.45, 7) is 1.08. The van der Waals surface area contributed by atoms with Crippen molar-refractivity contribution in [3.8, 4) is 16.9 Å². The van der Waals surface area contributed by atoms with Crippen LogP contribution in [0.2, 0.25) is 0 Å². The number of hydrogen-bond acceptors (Lipinski definition) is 7. The highest BCUT2D eigenvalue weighted by Gasteiger charge is 2.33. The van der Waals surface area contributed by atoms with Gasteiger partial charge in [-0.3, -0.25) is 14.5 Å². The minimum absolute atomic E-state index is 0.00157. The molecule has 0 bridgehead atoms. The topological polar surface area (TPSA) is 110 Å². The fraction of sp³-hybridized carbons (Fsp3) is 0.130. The molecule has 0 saturated carbocycles. The number of aliphatic carboxylic acids is 1. The molecule has 0 atom stereocenters. The smallest absolute Gasteiger partial charge is 0.323 e. The van der Waals surface area contributed by atoms with Gasteiger partial charge in [0.25, 0.3) is 5.91 Å². The summed E-state index contributed by atoms with van der Waals surface area (Å²) in [6.07, 6.45) is 3.38. The minimum atomic E-state index is -3.35. The maximum absolute atomic E-state index is 12.8. The monoisotopic (exact) mass is 513 g/mol. The molecule has 0 spiro atoms. The lowest BCUT2D eigenvalue weighted by Gasteiger charge is -2.10. The van der Waals surface area contributed by atoms with E-state index in [9.17, 15) is 18.0 Å². The molecule has 0 radical (unpaired) electrons. The minimum Gasteiger partial charge on any atom is -0.480 e. The third-order valence-corrected chi connectivity index (χ3v) is 8.21. The van der Waals surface area contributed by atoms with Crippen molar-refractivity contribution in [2.24, 2.45) is 0 Å². The molecule has 1 fully saturated rings. The van der Waals surface area contributed by atoms with E-state index < -0.39 is 28.3 Å². The Morgan fingerprint density at radius 2 is 1.82 bits per heavy atom. The SMILES string of the molecule is CCS(=O)(=O)c1ccc(-c2nn(-c3ccccc3)cc2/C=C2/SC(=S)N(CC(=O)O)C2=O)cc1. The molecule has 1 aliphatic rings. The predicted molar refractivity (Wildman–Crippen MR) is 134 cm³/mol. The van der Waals surface area contributed by atoms with Crippen molar-refractivity contribution in [1.29, 1.82) is 0 Å². The molecule has 1 N–H and O–H groups in total. The Kier molecular flexibility index (Phi) is 6.69. The van der Waals surface area contributed by atoms with Crippen molar-refractivity contribution in [2.45, 2.75) is 11.8 Å². The van der Waals surface area contributed by atoms with Gasteiger partial charge in [0.15, 0.2) is 9.84 Å². The number of benzene rings is 2. The lowest BCUT2D eigenvalue weighted by atomic mass is 10.1. The summed E-state index contributed by atoms with van der Waals surface area (Å²) in [5, 5.41) is 13.7. The molecule has 1 amide bonds. The number of rotatable bonds is 7. The van der Waals surface area contributed by atoms with Gasteiger partial charge in [0.05, 0.1) is 26.9 Å². The zero-order chi connectivity index (χ0) is 24.5. The lowest BCUT2D eigenvalue weighted by Crippen LogP contribution is -2.33. The van der Waals surface area contributed by atoms with Gasteiger partial charge in [-0.05, 0) is 30.3 Å². The average molecular weight is 514 g/mol.